The number of carbonyl (C=O) groups excluding carboxylic acids is 2. The molecule has 0 radical (unpaired) electrons. The minimum Gasteiger partial charge on any atom is -0.381 e. The molecule has 1 heterocycles. The van der Waals surface area contributed by atoms with Gasteiger partial charge in [-0.25, -0.2) is 0 Å². The van der Waals surface area contributed by atoms with Crippen molar-refractivity contribution in [2.45, 2.75) is 19.3 Å². The summed E-state index contributed by atoms with van der Waals surface area (Å²) in [6.45, 7) is 4.73. The van der Waals surface area contributed by atoms with Crippen molar-refractivity contribution in [3.05, 3.63) is 0 Å². The van der Waals surface area contributed by atoms with Gasteiger partial charge in [-0.15, -0.1) is 0 Å². The van der Waals surface area contributed by atoms with Gasteiger partial charge in [0.1, 0.15) is 0 Å². The van der Waals surface area contributed by atoms with Crippen molar-refractivity contribution in [2.24, 2.45) is 5.92 Å². The largest absolute Gasteiger partial charge is 0.381 e. The molecule has 0 aromatic rings. The highest BCUT2D eigenvalue weighted by Gasteiger charge is 2.23. The van der Waals surface area contributed by atoms with E-state index in [0.29, 0.717) is 26.2 Å². The van der Waals surface area contributed by atoms with Gasteiger partial charge < -0.3 is 20.3 Å². The molecule has 2 aliphatic rings. The second kappa shape index (κ2) is 7.45. The Morgan fingerprint density at radius 3 is 2.68 bits per heavy atom. The molecule has 0 aromatic heterocycles. The van der Waals surface area contributed by atoms with Crippen LogP contribution >= 0.6 is 0 Å². The molecule has 0 spiro atoms. The average Bonchev–Trinajstić information content (AvgIpc) is 3.26. The Bertz CT molecular complexity index is 312. The van der Waals surface area contributed by atoms with Gasteiger partial charge in [-0.1, -0.05) is 0 Å². The van der Waals surface area contributed by atoms with Gasteiger partial charge in [-0.05, 0) is 25.2 Å². The molecular weight excluding hydrogens is 246 g/mol. The fourth-order valence-corrected chi connectivity index (χ4v) is 2.00. The van der Waals surface area contributed by atoms with E-state index in [-0.39, 0.29) is 0 Å². The second-order valence-corrected chi connectivity index (χ2v) is 5.17. The van der Waals surface area contributed by atoms with Crippen molar-refractivity contribution >= 4 is 11.8 Å². The van der Waals surface area contributed by atoms with Gasteiger partial charge in [0.05, 0.1) is 0 Å². The van der Waals surface area contributed by atoms with Crippen LogP contribution < -0.4 is 10.6 Å². The zero-order chi connectivity index (χ0) is 13.5. The number of piperazine rings is 1. The molecule has 1 aliphatic heterocycles. The van der Waals surface area contributed by atoms with Crippen LogP contribution in [0.3, 0.4) is 0 Å². The highest BCUT2D eigenvalue weighted by Crippen LogP contribution is 2.28. The first-order valence-electron chi connectivity index (χ1n) is 7.13. The predicted octanol–water partition coefficient (Wildman–Crippen LogP) is -0.649. The van der Waals surface area contributed by atoms with E-state index >= 15 is 0 Å². The molecule has 2 rings (SSSR count). The number of hydrogen-bond acceptors (Lipinski definition) is 4. The van der Waals surface area contributed by atoms with E-state index < -0.39 is 11.8 Å². The Morgan fingerprint density at radius 1 is 1.26 bits per heavy atom. The van der Waals surface area contributed by atoms with Crippen molar-refractivity contribution < 1.29 is 14.3 Å². The average molecular weight is 269 g/mol. The van der Waals surface area contributed by atoms with Crippen LogP contribution in [0.4, 0.5) is 0 Å². The number of nitrogens with one attached hydrogen (secondary N) is 2. The number of carbonyl (C=O) groups is 2. The van der Waals surface area contributed by atoms with E-state index in [9.17, 15) is 9.59 Å². The van der Waals surface area contributed by atoms with Crippen molar-refractivity contribution in [2.75, 3.05) is 45.9 Å². The molecular formula is C13H23N3O3. The Labute approximate surface area is 113 Å². The lowest BCUT2D eigenvalue weighted by molar-refractivity contribution is -0.146. The van der Waals surface area contributed by atoms with E-state index in [1.54, 1.807) is 4.90 Å². The van der Waals surface area contributed by atoms with Crippen LogP contribution in [0.2, 0.25) is 0 Å². The number of ether oxygens (including phenoxy) is 1. The monoisotopic (exact) mass is 269 g/mol. The minimum absolute atomic E-state index is 0.416. The number of amides is 2. The quantitative estimate of drug-likeness (QED) is 0.497. The van der Waals surface area contributed by atoms with Gasteiger partial charge in [0.15, 0.2) is 0 Å². The zero-order valence-corrected chi connectivity index (χ0v) is 11.3. The Balaban J connectivity index is 1.51. The Hall–Kier alpha value is -1.14. The van der Waals surface area contributed by atoms with Gasteiger partial charge >= 0.3 is 11.8 Å². The molecule has 6 heteroatoms. The third-order valence-electron chi connectivity index (χ3n) is 3.40. The molecule has 1 saturated carbocycles. The summed E-state index contributed by atoms with van der Waals surface area (Å²) >= 11 is 0. The summed E-state index contributed by atoms with van der Waals surface area (Å²) < 4.78 is 5.46. The molecule has 1 aliphatic carbocycles. The lowest BCUT2D eigenvalue weighted by Crippen LogP contribution is -2.51. The fraction of sp³-hybridized carbons (Fsp3) is 0.846. The van der Waals surface area contributed by atoms with Gasteiger partial charge in [0.25, 0.3) is 0 Å². The first-order chi connectivity index (χ1) is 9.27. The smallest absolute Gasteiger partial charge is 0.311 e. The maximum Gasteiger partial charge on any atom is 0.311 e. The van der Waals surface area contributed by atoms with E-state index in [1.165, 1.54) is 12.8 Å². The van der Waals surface area contributed by atoms with Gasteiger partial charge in [0, 0.05) is 45.9 Å². The molecule has 19 heavy (non-hydrogen) atoms. The molecule has 2 N–H and O–H groups in total. The SMILES string of the molecule is O=C(NCCCOCC1CC1)C(=O)N1CCNCC1. The molecule has 2 fully saturated rings. The topological polar surface area (TPSA) is 70.7 Å². The molecule has 1 saturated heterocycles. The van der Waals surface area contributed by atoms with Crippen molar-refractivity contribution in [3.63, 3.8) is 0 Å². The Kier molecular flexibility index (Phi) is 5.60. The number of hydrogen-bond donors (Lipinski definition) is 2. The van der Waals surface area contributed by atoms with E-state index in [2.05, 4.69) is 10.6 Å². The molecule has 0 bridgehead atoms. The van der Waals surface area contributed by atoms with Crippen LogP contribution in [0.15, 0.2) is 0 Å². The zero-order valence-electron chi connectivity index (χ0n) is 11.3. The normalized spacial score (nSPS) is 19.3. The number of nitrogens with zero attached hydrogens (tertiary/aromatic N) is 1. The standard InChI is InChI=1S/C13H23N3O3/c17-12(13(18)16-7-5-14-6-8-16)15-4-1-9-19-10-11-2-3-11/h11,14H,1-10H2,(H,15,17). The predicted molar refractivity (Wildman–Crippen MR) is 70.6 cm³/mol. The third-order valence-corrected chi connectivity index (χ3v) is 3.40. The summed E-state index contributed by atoms with van der Waals surface area (Å²) in [5.41, 5.74) is 0. The fourth-order valence-electron chi connectivity index (χ4n) is 2.00. The van der Waals surface area contributed by atoms with Gasteiger partial charge in [0.2, 0.25) is 0 Å². The molecule has 0 aromatic carbocycles. The van der Waals surface area contributed by atoms with E-state index in [0.717, 1.165) is 32.0 Å². The van der Waals surface area contributed by atoms with E-state index in [1.807, 2.05) is 0 Å². The minimum atomic E-state index is -0.496. The Morgan fingerprint density at radius 2 is 2.00 bits per heavy atom. The van der Waals surface area contributed by atoms with Crippen LogP contribution in [-0.2, 0) is 14.3 Å². The summed E-state index contributed by atoms with van der Waals surface area (Å²) in [5.74, 6) is -0.145. The highest BCUT2D eigenvalue weighted by molar-refractivity contribution is 6.35. The van der Waals surface area contributed by atoms with Crippen molar-refractivity contribution in [1.82, 2.24) is 15.5 Å². The van der Waals surface area contributed by atoms with Crippen LogP contribution in [0.5, 0.6) is 0 Å². The summed E-state index contributed by atoms with van der Waals surface area (Å²) in [6.07, 6.45) is 3.33. The van der Waals surface area contributed by atoms with Gasteiger partial charge in [-0.2, -0.15) is 0 Å². The molecule has 6 nitrogen and oxygen atoms in total. The second-order valence-electron chi connectivity index (χ2n) is 5.17. The van der Waals surface area contributed by atoms with Crippen molar-refractivity contribution in [3.8, 4) is 0 Å². The van der Waals surface area contributed by atoms with E-state index in [4.69, 9.17) is 4.74 Å². The molecule has 0 unspecified atom stereocenters. The van der Waals surface area contributed by atoms with Crippen LogP contribution in [-0.4, -0.2) is 62.7 Å². The van der Waals surface area contributed by atoms with Crippen LogP contribution in [0, 0.1) is 5.92 Å². The summed E-state index contributed by atoms with van der Waals surface area (Å²) in [7, 11) is 0. The lowest BCUT2D eigenvalue weighted by atomic mass is 10.3. The molecule has 0 atom stereocenters. The maximum atomic E-state index is 11.8. The first kappa shape index (κ1) is 14.3. The summed E-state index contributed by atoms with van der Waals surface area (Å²) in [4.78, 5) is 25.0. The van der Waals surface area contributed by atoms with Crippen LogP contribution in [0.25, 0.3) is 0 Å². The van der Waals surface area contributed by atoms with Gasteiger partial charge in [-0.3, -0.25) is 9.59 Å². The van der Waals surface area contributed by atoms with Crippen molar-refractivity contribution in [1.29, 1.82) is 0 Å². The maximum absolute atomic E-state index is 11.8. The first-order valence-corrected chi connectivity index (χ1v) is 7.13. The van der Waals surface area contributed by atoms with Crippen LogP contribution in [0.1, 0.15) is 19.3 Å². The summed E-state index contributed by atoms with van der Waals surface area (Å²) in [5, 5.41) is 5.80. The molecule has 2 amide bonds. The summed E-state index contributed by atoms with van der Waals surface area (Å²) in [6, 6.07) is 0. The highest BCUT2D eigenvalue weighted by atomic mass is 16.5. The molecule has 108 valence electrons. The third kappa shape index (κ3) is 5.16. The number of rotatable bonds is 6. The lowest BCUT2D eigenvalue weighted by Gasteiger charge is -2.26.